The van der Waals surface area contributed by atoms with Gasteiger partial charge in [-0.15, -0.1) is 0 Å². The van der Waals surface area contributed by atoms with Crippen molar-refractivity contribution in [3.8, 4) is 0 Å². The van der Waals surface area contributed by atoms with Crippen molar-refractivity contribution in [2.75, 3.05) is 25.0 Å². The van der Waals surface area contributed by atoms with Crippen LogP contribution < -0.4 is 10.6 Å². The maximum atomic E-state index is 14.4. The second-order valence-electron chi connectivity index (χ2n) is 13.6. The Labute approximate surface area is 281 Å². The van der Waals surface area contributed by atoms with Gasteiger partial charge >= 0.3 is 13.3 Å². The molecule has 3 amide bonds. The van der Waals surface area contributed by atoms with Gasteiger partial charge in [0.1, 0.15) is 0 Å². The topological polar surface area (TPSA) is 144 Å². The van der Waals surface area contributed by atoms with Crippen LogP contribution in [0.1, 0.15) is 60.0 Å². The fraction of sp³-hybridized carbons (Fsp3) is 0.429. The maximum absolute atomic E-state index is 14.4. The summed E-state index contributed by atoms with van der Waals surface area (Å²) >= 11 is 0. The minimum absolute atomic E-state index is 0.117. The average Bonchev–Trinajstić information content (AvgIpc) is 3.74. The molecule has 0 aliphatic carbocycles. The summed E-state index contributed by atoms with van der Waals surface area (Å²) in [6.45, 7) is 8.63. The lowest BCUT2D eigenvalue weighted by atomic mass is 9.77. The number of hydrogen-bond donors (Lipinski definition) is 4. The molecule has 7 rings (SSSR count). The van der Waals surface area contributed by atoms with Crippen molar-refractivity contribution in [1.82, 2.24) is 15.1 Å². The number of halogens is 2. The maximum Gasteiger partial charge on any atom is 0.399 e. The number of amides is 3. The summed E-state index contributed by atoms with van der Waals surface area (Å²) in [4.78, 5) is 67.1. The molecule has 4 N–H and O–H groups in total. The first-order chi connectivity index (χ1) is 23.3. The van der Waals surface area contributed by atoms with E-state index in [9.17, 15) is 37.5 Å². The molecule has 11 nitrogen and oxygen atoms in total. The fourth-order valence-electron chi connectivity index (χ4n) is 8.22. The van der Waals surface area contributed by atoms with Gasteiger partial charge < -0.3 is 30.2 Å². The largest absolute Gasteiger partial charge is 0.399 e. The highest BCUT2D eigenvalue weighted by Gasteiger charge is 2.63. The lowest BCUT2D eigenvalue weighted by molar-refractivity contribution is -0.136. The Morgan fingerprint density at radius 3 is 2.53 bits per heavy atom. The summed E-state index contributed by atoms with van der Waals surface area (Å²) in [5, 5.41) is 6.75. The molecular formula is C35H36F2N5O6P. The van der Waals surface area contributed by atoms with Crippen LogP contribution in [0.3, 0.4) is 0 Å². The Morgan fingerprint density at radius 1 is 1.00 bits per heavy atom. The minimum atomic E-state index is -5.76. The van der Waals surface area contributed by atoms with Crippen molar-refractivity contribution in [1.29, 1.82) is 0 Å². The van der Waals surface area contributed by atoms with Crippen molar-refractivity contribution in [3.63, 3.8) is 0 Å². The van der Waals surface area contributed by atoms with Gasteiger partial charge in [-0.25, -0.2) is 6.57 Å². The number of carbonyl (C=O) groups is 3. The number of alkyl halides is 2. The van der Waals surface area contributed by atoms with Crippen LogP contribution in [-0.4, -0.2) is 81.1 Å². The molecule has 1 spiro atoms. The molecule has 0 aromatic heterocycles. The van der Waals surface area contributed by atoms with E-state index >= 15 is 0 Å². The van der Waals surface area contributed by atoms with Crippen LogP contribution in [0.15, 0.2) is 60.7 Å². The van der Waals surface area contributed by atoms with Crippen LogP contribution in [0, 0.1) is 6.57 Å². The zero-order chi connectivity index (χ0) is 34.7. The van der Waals surface area contributed by atoms with Gasteiger partial charge in [-0.3, -0.25) is 23.8 Å². The van der Waals surface area contributed by atoms with E-state index in [1.165, 1.54) is 12.1 Å². The summed E-state index contributed by atoms with van der Waals surface area (Å²) < 4.78 is 40.2. The molecule has 4 aliphatic rings. The van der Waals surface area contributed by atoms with Crippen LogP contribution in [0.2, 0.25) is 0 Å². The third-order valence-corrected chi connectivity index (χ3v) is 11.8. The highest BCUT2D eigenvalue weighted by Crippen LogP contribution is 2.59. The standard InChI is InChI=1S/C35H36F2N5O6P/c1-38-30-19-41(20-34(30)27-8-4-5-9-28(27)40-33(34)45)32(44)29-15-14-26-7-3-2-6-25(18-42(26)29)39-31(43)22-11-10-21-12-13-24(17-23(21)16-22)35(36,37)49(46,47)48/h4-5,8-13,16-17,25-26,29-30H,2-3,6-7,14-15,18-20H2,(H,39,43)(H,40,45)(H2,46,47,48)/t25-,26-,29-,30-,34-/m0/s1. The second-order valence-corrected chi connectivity index (χ2v) is 15.2. The van der Waals surface area contributed by atoms with Gasteiger partial charge in [0.25, 0.3) is 11.9 Å². The van der Waals surface area contributed by atoms with Gasteiger partial charge in [-0.05, 0) is 60.7 Å². The monoisotopic (exact) mass is 691 g/mol. The van der Waals surface area contributed by atoms with Crippen molar-refractivity contribution in [2.24, 2.45) is 0 Å². The number of benzene rings is 3. The molecular weight excluding hydrogens is 655 g/mol. The molecule has 4 aliphatic heterocycles. The highest BCUT2D eigenvalue weighted by molar-refractivity contribution is 7.52. The first kappa shape index (κ1) is 33.3. The predicted molar refractivity (Wildman–Crippen MR) is 177 cm³/mol. The van der Waals surface area contributed by atoms with Crippen molar-refractivity contribution in [2.45, 2.75) is 73.8 Å². The van der Waals surface area contributed by atoms with Gasteiger partial charge in [-0.1, -0.05) is 49.2 Å². The predicted octanol–water partition coefficient (Wildman–Crippen LogP) is 4.59. The van der Waals surface area contributed by atoms with Gasteiger partial charge in [-0.2, -0.15) is 8.78 Å². The van der Waals surface area contributed by atoms with E-state index in [0.29, 0.717) is 30.5 Å². The van der Waals surface area contributed by atoms with Crippen LogP contribution in [0.4, 0.5) is 14.5 Å². The first-order valence-corrected chi connectivity index (χ1v) is 18.1. The average molecular weight is 692 g/mol. The third-order valence-electron chi connectivity index (χ3n) is 10.8. The van der Waals surface area contributed by atoms with Gasteiger partial charge in [0.15, 0.2) is 5.41 Å². The molecule has 0 radical (unpaired) electrons. The van der Waals surface area contributed by atoms with E-state index in [1.807, 2.05) is 24.3 Å². The van der Waals surface area contributed by atoms with Crippen LogP contribution in [-0.2, 0) is 25.2 Å². The lowest BCUT2D eigenvalue weighted by Crippen LogP contribution is -2.53. The van der Waals surface area contributed by atoms with Crippen molar-refractivity contribution in [3.05, 3.63) is 88.8 Å². The number of likely N-dealkylation sites (tertiary alicyclic amines) is 1. The molecule has 3 saturated heterocycles. The number of nitrogens with zero attached hydrogens (tertiary/aromatic N) is 3. The third kappa shape index (κ3) is 5.61. The van der Waals surface area contributed by atoms with Crippen LogP contribution >= 0.6 is 7.60 Å². The minimum Gasteiger partial charge on any atom is -0.348 e. The number of hydrogen-bond acceptors (Lipinski definition) is 5. The van der Waals surface area contributed by atoms with Gasteiger partial charge in [0, 0.05) is 47.6 Å². The molecule has 3 aromatic rings. The zero-order valence-electron chi connectivity index (χ0n) is 26.5. The SMILES string of the molecule is [C-]#[N+][C@H]1CN(C(=O)[C@@H]2CC[C@@H]3CCCC[C@H](NC(=O)c4ccc5ccc(C(F)(F)P(=O)(O)O)cc5c4)CN32)C[C@@]12C(=O)Nc1ccccc12. The summed E-state index contributed by atoms with van der Waals surface area (Å²) in [7, 11) is -5.76. The molecule has 4 heterocycles. The molecule has 3 aromatic carbocycles. The van der Waals surface area contributed by atoms with E-state index in [2.05, 4.69) is 20.4 Å². The molecule has 14 heteroatoms. The lowest BCUT2D eigenvalue weighted by Gasteiger charge is -2.36. The number of rotatable bonds is 5. The molecule has 49 heavy (non-hydrogen) atoms. The summed E-state index contributed by atoms with van der Waals surface area (Å²) in [5.41, 5.74) is -4.71. The smallest absolute Gasteiger partial charge is 0.348 e. The Hall–Kier alpha value is -4.21. The molecule has 256 valence electrons. The summed E-state index contributed by atoms with van der Waals surface area (Å²) in [5.74, 6) is -0.803. The number of fused-ring (bicyclic) bond motifs is 4. The van der Waals surface area contributed by atoms with Crippen LogP contribution in [0.25, 0.3) is 15.6 Å². The van der Waals surface area contributed by atoms with Gasteiger partial charge in [0.2, 0.25) is 11.8 Å². The number of anilines is 1. The number of nitrogens with one attached hydrogen (secondary N) is 2. The Bertz CT molecular complexity index is 1950. The number of carbonyl (C=O) groups excluding carboxylic acids is 3. The van der Waals surface area contributed by atoms with E-state index in [0.717, 1.165) is 43.4 Å². The van der Waals surface area contributed by atoms with Gasteiger partial charge in [0.05, 0.1) is 12.6 Å². The quantitative estimate of drug-likeness (QED) is 0.226. The second kappa shape index (κ2) is 12.3. The molecule has 0 saturated carbocycles. The summed E-state index contributed by atoms with van der Waals surface area (Å²) in [6, 6.07) is 13.9. The van der Waals surface area contributed by atoms with Crippen molar-refractivity contribution < 1.29 is 37.5 Å². The van der Waals surface area contributed by atoms with Crippen LogP contribution in [0.5, 0.6) is 0 Å². The van der Waals surface area contributed by atoms with E-state index < -0.39 is 42.2 Å². The fourth-order valence-corrected chi connectivity index (χ4v) is 8.70. The highest BCUT2D eigenvalue weighted by atomic mass is 31.2. The van der Waals surface area contributed by atoms with E-state index in [4.69, 9.17) is 6.57 Å². The molecule has 0 unspecified atom stereocenters. The Balaban J connectivity index is 1.09. The Kier molecular flexibility index (Phi) is 8.35. The first-order valence-electron chi connectivity index (χ1n) is 16.4. The molecule has 5 atom stereocenters. The normalized spacial score (nSPS) is 27.2. The summed E-state index contributed by atoms with van der Waals surface area (Å²) in [6.07, 6.45) is 4.84. The Morgan fingerprint density at radius 2 is 1.76 bits per heavy atom. The molecule has 3 fully saturated rings. The molecule has 0 bridgehead atoms. The van der Waals surface area contributed by atoms with E-state index in [1.54, 1.807) is 17.0 Å². The number of para-hydroxylation sites is 1. The van der Waals surface area contributed by atoms with E-state index in [-0.39, 0.29) is 47.9 Å². The zero-order valence-corrected chi connectivity index (χ0v) is 27.4. The van der Waals surface area contributed by atoms with Crippen molar-refractivity contribution >= 4 is 41.8 Å².